The van der Waals surface area contributed by atoms with E-state index in [0.29, 0.717) is 12.8 Å². The van der Waals surface area contributed by atoms with Crippen LogP contribution in [0.25, 0.3) is 11.2 Å². The molecule has 0 aromatic carbocycles. The second kappa shape index (κ2) is 12.0. The number of ether oxygens (including phenoxy) is 1. The maximum Gasteiger partial charge on any atom is 0.529 e. The molecule has 13 nitrogen and oxygen atoms in total. The summed E-state index contributed by atoms with van der Waals surface area (Å²) in [6, 6.07) is 0. The van der Waals surface area contributed by atoms with Crippen LogP contribution >= 0.6 is 33.1 Å². The maximum atomic E-state index is 12.1. The molecule has 2 aromatic heterocycles. The number of carbonyl (C=O) groups excluding carboxylic acids is 1. The maximum absolute atomic E-state index is 12.1. The van der Waals surface area contributed by atoms with E-state index in [1.165, 1.54) is 17.2 Å². The summed E-state index contributed by atoms with van der Waals surface area (Å²) in [6.07, 6.45) is 0.0480. The van der Waals surface area contributed by atoms with Crippen molar-refractivity contribution in [2.45, 2.75) is 61.9 Å². The Balaban J connectivity index is 1.50. The molecule has 0 radical (unpaired) electrons. The lowest BCUT2D eigenvalue weighted by atomic mass is 10.1. The highest BCUT2D eigenvalue weighted by Crippen LogP contribution is 2.45. The number of nitrogens with zero attached hydrogens (tertiary/aromatic N) is 4. The van der Waals surface area contributed by atoms with Crippen molar-refractivity contribution in [3.05, 3.63) is 12.7 Å². The lowest BCUT2D eigenvalue weighted by Gasteiger charge is -2.17. The molecule has 0 bridgehead atoms. The third-order valence-corrected chi connectivity index (χ3v) is 6.93. The van der Waals surface area contributed by atoms with Crippen LogP contribution in [0.5, 0.6) is 0 Å². The van der Waals surface area contributed by atoms with E-state index < -0.39 is 44.9 Å². The van der Waals surface area contributed by atoms with Gasteiger partial charge in [-0.2, -0.15) is 25.3 Å². The third kappa shape index (κ3) is 6.82. The average Bonchev–Trinajstić information content (AvgIpc) is 3.32. The minimum absolute atomic E-state index is 0.0582. The summed E-state index contributed by atoms with van der Waals surface area (Å²) in [5.74, 6) is -0.0353. The number of fused-ring (bicyclic) bond motifs is 1. The molecule has 0 aliphatic carbocycles. The molecule has 6 atom stereocenters. The Bertz CT molecular complexity index is 1030. The first kappa shape index (κ1) is 27.1. The molecule has 16 heteroatoms. The number of thiol groups is 2. The molecule has 34 heavy (non-hydrogen) atoms. The molecule has 0 spiro atoms. The van der Waals surface area contributed by atoms with Crippen LogP contribution < -0.4 is 5.73 Å². The Morgan fingerprint density at radius 1 is 1.26 bits per heavy atom. The highest BCUT2D eigenvalue weighted by Gasteiger charge is 2.45. The fraction of sp³-hybridized carbons (Fsp3) is 0.667. The van der Waals surface area contributed by atoms with Gasteiger partial charge >= 0.3 is 13.8 Å². The summed E-state index contributed by atoms with van der Waals surface area (Å²) in [6.45, 7) is -0.620. The van der Waals surface area contributed by atoms with Gasteiger partial charge in [0.2, 0.25) is 0 Å². The zero-order chi connectivity index (χ0) is 24.9. The van der Waals surface area contributed by atoms with E-state index in [2.05, 4.69) is 44.7 Å². The third-order valence-electron chi connectivity index (χ3n) is 5.25. The van der Waals surface area contributed by atoms with Crippen molar-refractivity contribution in [2.24, 2.45) is 0 Å². The number of aromatic nitrogens is 4. The summed E-state index contributed by atoms with van der Waals surface area (Å²) in [5.41, 5.74) is 6.30. The number of aliphatic hydroxyl groups excluding tert-OH is 2. The van der Waals surface area contributed by atoms with Gasteiger partial charge in [0.05, 0.1) is 12.9 Å². The van der Waals surface area contributed by atoms with E-state index in [-0.39, 0.29) is 28.7 Å². The van der Waals surface area contributed by atoms with Crippen molar-refractivity contribution in [2.75, 3.05) is 18.1 Å². The first-order chi connectivity index (χ1) is 16.1. The van der Waals surface area contributed by atoms with Crippen molar-refractivity contribution in [1.82, 2.24) is 19.5 Å². The first-order valence-corrected chi connectivity index (χ1v) is 13.2. The molecule has 1 aliphatic heterocycles. The van der Waals surface area contributed by atoms with E-state index in [1.807, 2.05) is 0 Å². The van der Waals surface area contributed by atoms with Crippen molar-refractivity contribution in [3.8, 4) is 0 Å². The average molecular weight is 538 g/mol. The lowest BCUT2D eigenvalue weighted by Crippen LogP contribution is -2.33. The number of carbonyl (C=O) groups is 1. The van der Waals surface area contributed by atoms with Crippen molar-refractivity contribution in [1.29, 1.82) is 0 Å². The van der Waals surface area contributed by atoms with E-state index in [4.69, 9.17) is 15.0 Å². The number of phosphoric acid groups is 1. The van der Waals surface area contributed by atoms with Gasteiger partial charge in [0.15, 0.2) is 17.7 Å². The SMILES string of the molecule is Nc1ncnc2c1ncn2[C@@H]1O[C@H](COP(=O)(O)OC(=O)CCCC[C@@H](S)CCS)[C@@H](O)[C@H]1O. The zero-order valence-corrected chi connectivity index (χ0v) is 20.8. The lowest BCUT2D eigenvalue weighted by molar-refractivity contribution is -0.136. The Kier molecular flexibility index (Phi) is 9.57. The molecule has 1 unspecified atom stereocenters. The molecule has 2 aromatic rings. The number of hydrogen-bond acceptors (Lipinski definition) is 13. The predicted molar refractivity (Wildman–Crippen MR) is 127 cm³/mol. The van der Waals surface area contributed by atoms with Crippen molar-refractivity contribution < 1.29 is 38.3 Å². The highest BCUT2D eigenvalue weighted by atomic mass is 32.1. The Morgan fingerprint density at radius 2 is 2.03 bits per heavy atom. The van der Waals surface area contributed by atoms with Gasteiger partial charge in [-0.1, -0.05) is 6.42 Å². The van der Waals surface area contributed by atoms with Crippen LogP contribution in [0.2, 0.25) is 0 Å². The van der Waals surface area contributed by atoms with Crippen LogP contribution in [0.15, 0.2) is 12.7 Å². The van der Waals surface area contributed by atoms with Gasteiger partial charge in [-0.05, 0) is 25.0 Å². The molecular formula is C18H28N5O8PS2. The van der Waals surface area contributed by atoms with Gasteiger partial charge in [-0.3, -0.25) is 18.8 Å². The number of hydrogen-bond donors (Lipinski definition) is 6. The molecule has 3 rings (SSSR count). The van der Waals surface area contributed by atoms with Crippen LogP contribution in [0, 0.1) is 0 Å². The Labute approximate surface area is 206 Å². The number of nitrogens with two attached hydrogens (primary N) is 1. The van der Waals surface area contributed by atoms with Crippen LogP contribution in [0.1, 0.15) is 38.3 Å². The quantitative estimate of drug-likeness (QED) is 0.127. The molecular weight excluding hydrogens is 509 g/mol. The monoisotopic (exact) mass is 537 g/mol. The number of anilines is 1. The zero-order valence-electron chi connectivity index (χ0n) is 18.1. The number of aliphatic hydroxyl groups is 2. The van der Waals surface area contributed by atoms with Gasteiger partial charge in [0, 0.05) is 11.7 Å². The van der Waals surface area contributed by atoms with Gasteiger partial charge in [-0.15, -0.1) is 0 Å². The Morgan fingerprint density at radius 3 is 2.76 bits per heavy atom. The predicted octanol–water partition coefficient (Wildman–Crippen LogP) is 0.867. The topological polar surface area (TPSA) is 192 Å². The van der Waals surface area contributed by atoms with E-state index >= 15 is 0 Å². The fourth-order valence-electron chi connectivity index (χ4n) is 3.46. The first-order valence-electron chi connectivity index (χ1n) is 10.6. The largest absolute Gasteiger partial charge is 0.529 e. The normalized spacial score (nSPS) is 25.3. The van der Waals surface area contributed by atoms with Gasteiger partial charge < -0.3 is 25.2 Å². The molecule has 1 fully saturated rings. The van der Waals surface area contributed by atoms with E-state index in [1.54, 1.807) is 0 Å². The highest BCUT2D eigenvalue weighted by molar-refractivity contribution is 7.81. The summed E-state index contributed by atoms with van der Waals surface area (Å²) < 4.78 is 28.5. The summed E-state index contributed by atoms with van der Waals surface area (Å²) in [7, 11) is -4.75. The second-order valence-corrected chi connectivity index (χ2v) is 10.3. The summed E-state index contributed by atoms with van der Waals surface area (Å²) in [4.78, 5) is 33.7. The van der Waals surface area contributed by atoms with Crippen molar-refractivity contribution >= 4 is 56.0 Å². The number of nitrogen functional groups attached to an aromatic ring is 1. The van der Waals surface area contributed by atoms with Crippen LogP contribution in [0.3, 0.4) is 0 Å². The number of imidazole rings is 1. The molecule has 0 amide bonds. The molecule has 0 saturated carbocycles. The van der Waals surface area contributed by atoms with Crippen molar-refractivity contribution in [3.63, 3.8) is 0 Å². The number of unbranched alkanes of at least 4 members (excludes halogenated alkanes) is 1. The van der Waals surface area contributed by atoms with Crippen LogP contribution in [0.4, 0.5) is 5.82 Å². The molecule has 1 aliphatic rings. The summed E-state index contributed by atoms with van der Waals surface area (Å²) >= 11 is 8.54. The second-order valence-electron chi connectivity index (χ2n) is 7.77. The minimum atomic E-state index is -4.75. The van der Waals surface area contributed by atoms with E-state index in [9.17, 15) is 24.5 Å². The molecule has 5 N–H and O–H groups in total. The molecule has 1 saturated heterocycles. The Hall–Kier alpha value is -1.45. The van der Waals surface area contributed by atoms with Gasteiger partial charge in [0.1, 0.15) is 30.2 Å². The van der Waals surface area contributed by atoms with Gasteiger partial charge in [0.25, 0.3) is 0 Å². The smallest absolute Gasteiger partial charge is 0.387 e. The fourth-order valence-corrected chi connectivity index (χ4v) is 5.03. The number of rotatable bonds is 12. The number of phosphoric ester groups is 1. The van der Waals surface area contributed by atoms with Crippen LogP contribution in [-0.4, -0.2) is 76.5 Å². The van der Waals surface area contributed by atoms with Gasteiger partial charge in [-0.25, -0.2) is 19.5 Å². The van der Waals surface area contributed by atoms with Crippen LogP contribution in [-0.2, 0) is 23.1 Å². The minimum Gasteiger partial charge on any atom is -0.387 e. The summed E-state index contributed by atoms with van der Waals surface area (Å²) in [5, 5.41) is 20.9. The van der Waals surface area contributed by atoms with E-state index in [0.717, 1.165) is 18.6 Å². The molecule has 190 valence electrons. The standard InChI is InChI=1S/C18H28N5O8PS2/c19-16-13-17(21-8-20-16)23(9-22-13)18-15(26)14(25)11(30-18)7-29-32(27,28)31-12(24)4-2-1-3-10(34)5-6-33/h8-11,14-15,18,25-26,33-34H,1-7H2,(H,27,28)(H2,19,20,21)/t10-,11-,14-,15-,18-/m1/s1. The molecule has 3 heterocycles.